The van der Waals surface area contributed by atoms with Crippen LogP contribution in [0.25, 0.3) is 0 Å². The number of nitrogens with one attached hydrogen (secondary N) is 1. The van der Waals surface area contributed by atoms with Crippen molar-refractivity contribution in [3.05, 3.63) is 29.7 Å². The van der Waals surface area contributed by atoms with E-state index in [4.69, 9.17) is 25.5 Å². The van der Waals surface area contributed by atoms with E-state index in [1.54, 1.807) is 0 Å². The van der Waals surface area contributed by atoms with Crippen LogP contribution in [0.2, 0.25) is 0 Å². The van der Waals surface area contributed by atoms with Crippen molar-refractivity contribution in [3.63, 3.8) is 0 Å². The third-order valence-corrected chi connectivity index (χ3v) is 3.26. The maximum atomic E-state index is 5.62. The quantitative estimate of drug-likeness (QED) is 0.826. The van der Waals surface area contributed by atoms with Gasteiger partial charge in [0, 0.05) is 18.8 Å². The smallest absolute Gasteiger partial charge is 0.315 e. The summed E-state index contributed by atoms with van der Waals surface area (Å²) < 4.78 is 16.4. The summed E-state index contributed by atoms with van der Waals surface area (Å²) in [6.45, 7) is 1.90. The Balaban J connectivity index is 1.52. The third kappa shape index (κ3) is 3.58. The second kappa shape index (κ2) is 6.67. The van der Waals surface area contributed by atoms with E-state index in [2.05, 4.69) is 15.5 Å². The second-order valence-corrected chi connectivity index (χ2v) is 4.97. The number of aromatic nitrogens is 2. The molecule has 1 aliphatic rings. The van der Waals surface area contributed by atoms with Crippen LogP contribution in [0.5, 0.6) is 11.5 Å². The largest absolute Gasteiger partial charge is 0.486 e. The first kappa shape index (κ1) is 14.0. The molecule has 3 rings (SSSR count). The molecule has 1 N–H and O–H groups in total. The minimum absolute atomic E-state index is 0.424. The van der Waals surface area contributed by atoms with E-state index in [0.717, 1.165) is 23.5 Å². The average molecular weight is 310 g/mol. The number of hydrogen-bond donors (Lipinski definition) is 1. The first-order valence-corrected chi connectivity index (χ1v) is 7.39. The average Bonchev–Trinajstić information content (AvgIpc) is 2.95. The number of fused-ring (bicyclic) bond motifs is 1. The van der Waals surface area contributed by atoms with Gasteiger partial charge in [-0.3, -0.25) is 0 Å². The fourth-order valence-corrected chi connectivity index (χ4v) is 2.23. The summed E-state index contributed by atoms with van der Waals surface area (Å²) in [5.74, 6) is 2.63. The van der Waals surface area contributed by atoms with Gasteiger partial charge in [0.1, 0.15) is 13.2 Å². The molecule has 1 aromatic heterocycles. The fourth-order valence-electron chi connectivity index (χ4n) is 2.06. The summed E-state index contributed by atoms with van der Waals surface area (Å²) in [7, 11) is 0. The molecule has 6 nitrogen and oxygen atoms in total. The number of alkyl halides is 1. The van der Waals surface area contributed by atoms with E-state index in [-0.39, 0.29) is 0 Å². The van der Waals surface area contributed by atoms with Crippen LogP contribution in [0.15, 0.2) is 22.6 Å². The number of benzene rings is 1. The van der Waals surface area contributed by atoms with Crippen molar-refractivity contribution < 1.29 is 13.9 Å². The molecule has 0 fully saturated rings. The van der Waals surface area contributed by atoms with Crippen LogP contribution in [0, 0.1) is 0 Å². The van der Waals surface area contributed by atoms with Gasteiger partial charge in [0.25, 0.3) is 0 Å². The molecule has 0 saturated carbocycles. The van der Waals surface area contributed by atoms with Crippen molar-refractivity contribution in [1.29, 1.82) is 0 Å². The molecule has 21 heavy (non-hydrogen) atoms. The summed E-state index contributed by atoms with van der Waals surface area (Å²) in [5, 5.41) is 10.9. The van der Waals surface area contributed by atoms with Gasteiger partial charge in [0.15, 0.2) is 11.5 Å². The predicted molar refractivity (Wildman–Crippen MR) is 78.3 cm³/mol. The lowest BCUT2D eigenvalue weighted by Crippen LogP contribution is -2.15. The highest BCUT2D eigenvalue weighted by Crippen LogP contribution is 2.30. The summed E-state index contributed by atoms with van der Waals surface area (Å²) in [6, 6.07) is 6.40. The molecule has 0 amide bonds. The Bertz CT molecular complexity index is 603. The van der Waals surface area contributed by atoms with E-state index in [1.807, 2.05) is 18.2 Å². The number of anilines is 1. The van der Waals surface area contributed by atoms with Gasteiger partial charge < -0.3 is 19.2 Å². The summed E-state index contributed by atoms with van der Waals surface area (Å²) in [6.07, 6.45) is 1.41. The lowest BCUT2D eigenvalue weighted by atomic mass is 10.1. The topological polar surface area (TPSA) is 69.4 Å². The van der Waals surface area contributed by atoms with Crippen LogP contribution < -0.4 is 14.8 Å². The molecule has 7 heteroatoms. The Kier molecular flexibility index (Phi) is 4.45. The molecule has 0 bridgehead atoms. The van der Waals surface area contributed by atoms with Crippen molar-refractivity contribution >= 4 is 17.6 Å². The normalized spacial score (nSPS) is 13.2. The molecule has 0 spiro atoms. The maximum absolute atomic E-state index is 5.62. The summed E-state index contributed by atoms with van der Waals surface area (Å²) >= 11 is 5.62. The van der Waals surface area contributed by atoms with Gasteiger partial charge >= 0.3 is 6.01 Å². The summed E-state index contributed by atoms with van der Waals surface area (Å²) in [5.41, 5.74) is 1.16. The van der Waals surface area contributed by atoms with Crippen LogP contribution >= 0.6 is 11.6 Å². The Morgan fingerprint density at radius 2 is 1.95 bits per heavy atom. The highest BCUT2D eigenvalue weighted by Gasteiger charge is 2.11. The number of aryl methyl sites for hydroxylation is 1. The highest BCUT2D eigenvalue weighted by molar-refractivity contribution is 6.17. The molecular formula is C14H16ClN3O3. The second-order valence-electron chi connectivity index (χ2n) is 4.59. The van der Waals surface area contributed by atoms with Crippen molar-refractivity contribution in [2.45, 2.75) is 12.8 Å². The monoisotopic (exact) mass is 309 g/mol. The molecule has 0 unspecified atom stereocenters. The zero-order valence-corrected chi connectivity index (χ0v) is 12.2. The standard InChI is InChI=1S/C14H16ClN3O3/c15-5-3-13-17-18-14(21-13)16-6-4-10-1-2-11-12(9-10)20-8-7-19-11/h1-2,9H,3-8H2,(H,16,18). The summed E-state index contributed by atoms with van der Waals surface area (Å²) in [4.78, 5) is 0. The number of ether oxygens (including phenoxy) is 2. The van der Waals surface area contributed by atoms with E-state index in [0.29, 0.717) is 44.0 Å². The van der Waals surface area contributed by atoms with Crippen LogP contribution in [0.3, 0.4) is 0 Å². The van der Waals surface area contributed by atoms with Gasteiger partial charge in [-0.05, 0) is 24.1 Å². The van der Waals surface area contributed by atoms with E-state index in [1.165, 1.54) is 0 Å². The third-order valence-electron chi connectivity index (χ3n) is 3.07. The number of nitrogens with zero attached hydrogens (tertiary/aromatic N) is 2. The highest BCUT2D eigenvalue weighted by atomic mass is 35.5. The van der Waals surface area contributed by atoms with Crippen molar-refractivity contribution in [2.24, 2.45) is 0 Å². The molecule has 112 valence electrons. The lowest BCUT2D eigenvalue weighted by Gasteiger charge is -2.18. The zero-order chi connectivity index (χ0) is 14.5. The molecule has 0 saturated heterocycles. The Morgan fingerprint density at radius 3 is 2.81 bits per heavy atom. The van der Waals surface area contributed by atoms with Gasteiger partial charge in [0.05, 0.1) is 0 Å². The van der Waals surface area contributed by atoms with Gasteiger partial charge in [0.2, 0.25) is 5.89 Å². The first-order chi connectivity index (χ1) is 10.3. The van der Waals surface area contributed by atoms with Crippen molar-refractivity contribution in [1.82, 2.24) is 10.2 Å². The minimum Gasteiger partial charge on any atom is -0.486 e. The molecule has 0 atom stereocenters. The molecule has 2 aromatic rings. The Hall–Kier alpha value is -1.95. The van der Waals surface area contributed by atoms with Crippen molar-refractivity contribution in [3.8, 4) is 11.5 Å². The van der Waals surface area contributed by atoms with E-state index in [9.17, 15) is 0 Å². The van der Waals surface area contributed by atoms with Gasteiger partial charge in [-0.1, -0.05) is 11.2 Å². The molecule has 0 aliphatic carbocycles. The van der Waals surface area contributed by atoms with Crippen molar-refractivity contribution in [2.75, 3.05) is 31.0 Å². The predicted octanol–water partition coefficient (Wildman–Crippen LogP) is 2.28. The SMILES string of the molecule is ClCCc1nnc(NCCc2ccc3c(c2)OCCO3)o1. The van der Waals surface area contributed by atoms with Gasteiger partial charge in [-0.2, -0.15) is 0 Å². The van der Waals surface area contributed by atoms with Crippen LogP contribution in [0.4, 0.5) is 6.01 Å². The maximum Gasteiger partial charge on any atom is 0.315 e. The van der Waals surface area contributed by atoms with E-state index >= 15 is 0 Å². The van der Waals surface area contributed by atoms with Gasteiger partial charge in [-0.25, -0.2) is 0 Å². The Morgan fingerprint density at radius 1 is 1.10 bits per heavy atom. The van der Waals surface area contributed by atoms with Crippen LogP contribution in [0.1, 0.15) is 11.5 Å². The Labute approximate surface area is 127 Å². The lowest BCUT2D eigenvalue weighted by molar-refractivity contribution is 0.171. The molecule has 0 radical (unpaired) electrons. The zero-order valence-electron chi connectivity index (χ0n) is 11.5. The fraction of sp³-hybridized carbons (Fsp3) is 0.429. The van der Waals surface area contributed by atoms with Crippen LogP contribution in [-0.4, -0.2) is 35.8 Å². The van der Waals surface area contributed by atoms with E-state index < -0.39 is 0 Å². The van der Waals surface area contributed by atoms with Gasteiger partial charge in [-0.15, -0.1) is 16.7 Å². The molecule has 2 heterocycles. The molecular weight excluding hydrogens is 294 g/mol. The number of rotatable bonds is 6. The molecule has 1 aliphatic heterocycles. The number of hydrogen-bond acceptors (Lipinski definition) is 6. The first-order valence-electron chi connectivity index (χ1n) is 6.86. The minimum atomic E-state index is 0.424. The number of halogens is 1. The molecule has 1 aromatic carbocycles. The van der Waals surface area contributed by atoms with Crippen LogP contribution in [-0.2, 0) is 12.8 Å².